The number of nitrogens with two attached hydrogens (primary N) is 1. The van der Waals surface area contributed by atoms with Crippen molar-refractivity contribution in [2.24, 2.45) is 5.73 Å². The van der Waals surface area contributed by atoms with E-state index in [0.717, 1.165) is 31.0 Å². The first-order valence-corrected chi connectivity index (χ1v) is 5.67. The molecule has 0 amide bonds. The molecule has 2 N–H and O–H groups in total. The van der Waals surface area contributed by atoms with E-state index in [1.807, 2.05) is 16.7 Å². The van der Waals surface area contributed by atoms with Gasteiger partial charge in [-0.25, -0.2) is 8.78 Å². The van der Waals surface area contributed by atoms with Gasteiger partial charge in [-0.1, -0.05) is 0 Å². The van der Waals surface area contributed by atoms with Gasteiger partial charge in [0.2, 0.25) is 0 Å². The van der Waals surface area contributed by atoms with Gasteiger partial charge in [-0.05, 0) is 18.7 Å². The molecule has 0 aromatic heterocycles. The van der Waals surface area contributed by atoms with Crippen LogP contribution < -0.4 is 5.73 Å². The summed E-state index contributed by atoms with van der Waals surface area (Å²) in [7, 11) is 0. The van der Waals surface area contributed by atoms with Crippen molar-refractivity contribution in [2.75, 3.05) is 37.7 Å². The van der Waals surface area contributed by atoms with Gasteiger partial charge >= 0.3 is 0 Å². The molecule has 1 heterocycles. The van der Waals surface area contributed by atoms with Crippen molar-refractivity contribution in [1.29, 1.82) is 0 Å². The van der Waals surface area contributed by atoms with Crippen molar-refractivity contribution in [3.8, 4) is 0 Å². The molecule has 2 nitrogen and oxygen atoms in total. The first-order chi connectivity index (χ1) is 6.14. The fourth-order valence-corrected chi connectivity index (χ4v) is 2.27. The van der Waals surface area contributed by atoms with E-state index in [1.54, 1.807) is 0 Å². The van der Waals surface area contributed by atoms with E-state index in [0.29, 0.717) is 0 Å². The summed E-state index contributed by atoms with van der Waals surface area (Å²) < 4.78 is 25.8. The van der Waals surface area contributed by atoms with Gasteiger partial charge < -0.3 is 5.73 Å². The fourth-order valence-electron chi connectivity index (χ4n) is 1.35. The topological polar surface area (TPSA) is 29.3 Å². The molecule has 0 aromatic carbocycles. The molecule has 1 aliphatic rings. The van der Waals surface area contributed by atoms with Crippen LogP contribution in [0.2, 0.25) is 0 Å². The molecule has 78 valence electrons. The normalized spacial score (nSPS) is 21.5. The predicted molar refractivity (Wildman–Crippen MR) is 52.4 cm³/mol. The number of hydrogen-bond donors (Lipinski definition) is 1. The van der Waals surface area contributed by atoms with E-state index < -0.39 is 12.5 Å². The molecule has 1 rings (SSSR count). The third-order valence-electron chi connectivity index (χ3n) is 2.07. The highest BCUT2D eigenvalue weighted by Crippen LogP contribution is 2.16. The maximum Gasteiger partial charge on any atom is 0.272 e. The molecule has 1 aliphatic heterocycles. The molecule has 0 radical (unpaired) electrons. The van der Waals surface area contributed by atoms with E-state index in [4.69, 9.17) is 5.73 Å². The largest absolute Gasteiger partial charge is 0.325 e. The number of hydrogen-bond acceptors (Lipinski definition) is 3. The lowest BCUT2D eigenvalue weighted by Crippen LogP contribution is -2.42. The molecule has 0 unspecified atom stereocenters. The van der Waals surface area contributed by atoms with Crippen LogP contribution in [0.3, 0.4) is 0 Å². The van der Waals surface area contributed by atoms with Crippen LogP contribution in [0.25, 0.3) is 0 Å². The molecular formula is C8H16F2N2S. The zero-order chi connectivity index (χ0) is 9.73. The fraction of sp³-hybridized carbons (Fsp3) is 1.00. The minimum atomic E-state index is -2.71. The summed E-state index contributed by atoms with van der Waals surface area (Å²) in [5.41, 5.74) is 4.98. The third-order valence-corrected chi connectivity index (χ3v) is 3.12. The molecule has 0 aliphatic carbocycles. The monoisotopic (exact) mass is 210 g/mol. The molecule has 13 heavy (non-hydrogen) atoms. The van der Waals surface area contributed by atoms with Crippen LogP contribution in [-0.4, -0.2) is 48.5 Å². The number of halogens is 2. The lowest BCUT2D eigenvalue weighted by Gasteiger charge is -2.24. The zero-order valence-electron chi connectivity index (χ0n) is 7.64. The number of rotatable bonds is 3. The summed E-state index contributed by atoms with van der Waals surface area (Å²) in [6.07, 6.45) is 1.01. The molecule has 0 aromatic rings. The molecule has 0 saturated carbocycles. The van der Waals surface area contributed by atoms with Crippen LogP contribution in [0.15, 0.2) is 0 Å². The number of thioether (sulfide) groups is 1. The Bertz CT molecular complexity index is 147. The van der Waals surface area contributed by atoms with Gasteiger partial charge in [-0.3, -0.25) is 4.90 Å². The van der Waals surface area contributed by atoms with E-state index >= 15 is 0 Å². The Hall–Kier alpha value is 0.130. The Morgan fingerprint density at radius 1 is 1.31 bits per heavy atom. The summed E-state index contributed by atoms with van der Waals surface area (Å²) in [6, 6.07) is 0. The first-order valence-electron chi connectivity index (χ1n) is 4.52. The molecule has 0 spiro atoms. The molecule has 1 saturated heterocycles. The Morgan fingerprint density at radius 2 is 2.08 bits per heavy atom. The lowest BCUT2D eigenvalue weighted by atomic mass is 10.3. The highest BCUT2D eigenvalue weighted by atomic mass is 32.2. The maximum absolute atomic E-state index is 12.9. The summed E-state index contributed by atoms with van der Waals surface area (Å²) >= 11 is 1.84. The van der Waals surface area contributed by atoms with Crippen molar-refractivity contribution in [2.45, 2.75) is 12.3 Å². The van der Waals surface area contributed by atoms with E-state index in [9.17, 15) is 8.78 Å². The molecular weight excluding hydrogens is 194 g/mol. The second kappa shape index (κ2) is 5.12. The maximum atomic E-state index is 12.9. The van der Waals surface area contributed by atoms with Crippen molar-refractivity contribution in [3.63, 3.8) is 0 Å². The number of nitrogens with zero attached hydrogens (tertiary/aromatic N) is 1. The van der Waals surface area contributed by atoms with Crippen molar-refractivity contribution in [1.82, 2.24) is 4.90 Å². The number of alkyl halides is 2. The van der Waals surface area contributed by atoms with E-state index in [-0.39, 0.29) is 6.54 Å². The van der Waals surface area contributed by atoms with Crippen LogP contribution >= 0.6 is 11.8 Å². The van der Waals surface area contributed by atoms with Crippen LogP contribution in [0, 0.1) is 0 Å². The van der Waals surface area contributed by atoms with Crippen molar-refractivity contribution < 1.29 is 8.78 Å². The quantitative estimate of drug-likeness (QED) is 0.754. The van der Waals surface area contributed by atoms with Gasteiger partial charge in [0.15, 0.2) is 0 Å². The Morgan fingerprint density at radius 3 is 2.77 bits per heavy atom. The zero-order valence-corrected chi connectivity index (χ0v) is 8.45. The van der Waals surface area contributed by atoms with E-state index in [1.165, 1.54) is 0 Å². The van der Waals surface area contributed by atoms with Crippen LogP contribution in [0.4, 0.5) is 8.78 Å². The second-order valence-electron chi connectivity index (χ2n) is 3.30. The van der Waals surface area contributed by atoms with Crippen LogP contribution in [0.1, 0.15) is 6.42 Å². The van der Waals surface area contributed by atoms with Gasteiger partial charge in [0, 0.05) is 12.3 Å². The molecule has 1 fully saturated rings. The Balaban J connectivity index is 2.33. The average Bonchev–Trinajstić information content (AvgIpc) is 2.32. The third kappa shape index (κ3) is 4.24. The summed E-state index contributed by atoms with van der Waals surface area (Å²) in [6.45, 7) is 0.823. The highest BCUT2D eigenvalue weighted by molar-refractivity contribution is 7.99. The smallest absolute Gasteiger partial charge is 0.272 e. The minimum absolute atomic E-state index is 0.177. The van der Waals surface area contributed by atoms with Gasteiger partial charge in [0.25, 0.3) is 5.92 Å². The van der Waals surface area contributed by atoms with Gasteiger partial charge in [-0.2, -0.15) is 11.8 Å². The first kappa shape index (κ1) is 11.2. The van der Waals surface area contributed by atoms with Gasteiger partial charge in [0.1, 0.15) is 0 Å². The van der Waals surface area contributed by atoms with Crippen LogP contribution in [0.5, 0.6) is 0 Å². The van der Waals surface area contributed by atoms with Crippen molar-refractivity contribution >= 4 is 11.8 Å². The SMILES string of the molecule is NCC(F)(F)CN1CCCSCC1. The predicted octanol–water partition coefficient (Wildman–Crippen LogP) is 1.02. The molecule has 0 atom stereocenters. The minimum Gasteiger partial charge on any atom is -0.325 e. The summed E-state index contributed by atoms with van der Waals surface area (Å²) in [5, 5.41) is 0. The van der Waals surface area contributed by atoms with E-state index in [2.05, 4.69) is 0 Å². The highest BCUT2D eigenvalue weighted by Gasteiger charge is 2.29. The lowest BCUT2D eigenvalue weighted by molar-refractivity contribution is -0.0217. The van der Waals surface area contributed by atoms with Gasteiger partial charge in [-0.15, -0.1) is 0 Å². The summed E-state index contributed by atoms with van der Waals surface area (Å²) in [4.78, 5) is 1.81. The standard InChI is InChI=1S/C8H16F2N2S/c9-8(10,6-11)7-12-2-1-4-13-5-3-12/h1-7,11H2. The van der Waals surface area contributed by atoms with Crippen LogP contribution in [-0.2, 0) is 0 Å². The van der Waals surface area contributed by atoms with Gasteiger partial charge in [0.05, 0.1) is 13.1 Å². The Labute approximate surface area is 81.8 Å². The Kier molecular flexibility index (Phi) is 4.41. The second-order valence-corrected chi connectivity index (χ2v) is 4.53. The summed E-state index contributed by atoms with van der Waals surface area (Å²) in [5.74, 6) is -0.666. The molecule has 5 heteroatoms. The molecule has 0 bridgehead atoms. The van der Waals surface area contributed by atoms with Crippen molar-refractivity contribution in [3.05, 3.63) is 0 Å². The average molecular weight is 210 g/mol.